The van der Waals surface area contributed by atoms with E-state index in [1.54, 1.807) is 0 Å². The molecule has 0 spiro atoms. The zero-order valence-corrected chi connectivity index (χ0v) is 10.6. The van der Waals surface area contributed by atoms with Crippen molar-refractivity contribution >= 4 is 29.2 Å². The van der Waals surface area contributed by atoms with Crippen LogP contribution in [0, 0.1) is 0 Å². The van der Waals surface area contributed by atoms with Crippen LogP contribution in [0.15, 0.2) is 0 Å². The summed E-state index contributed by atoms with van der Waals surface area (Å²) in [5.41, 5.74) is 0. The average Bonchev–Trinajstić information content (AvgIpc) is 1.95. The van der Waals surface area contributed by atoms with E-state index in [9.17, 15) is 0 Å². The summed E-state index contributed by atoms with van der Waals surface area (Å²) >= 11 is 8.93. The molecule has 0 N–H and O–H groups in total. The number of thiocarbonyl (C=S) groups is 1. The summed E-state index contributed by atoms with van der Waals surface area (Å²) in [5.74, 6) is 0. The van der Waals surface area contributed by atoms with E-state index < -0.39 is 13.2 Å². The molecule has 0 aromatic carbocycles. The van der Waals surface area contributed by atoms with E-state index in [0.29, 0.717) is 0 Å². The molecule has 0 saturated carbocycles. The van der Waals surface area contributed by atoms with E-state index in [4.69, 9.17) is 11.6 Å². The molecule has 0 aliphatic heterocycles. The van der Waals surface area contributed by atoms with Crippen molar-refractivity contribution in [2.75, 3.05) is 6.61 Å². The summed E-state index contributed by atoms with van der Waals surface area (Å²) in [6.45, 7) is -2.43. The molecule has 0 aromatic rings. The Balaban J connectivity index is 0. The van der Waals surface area contributed by atoms with Gasteiger partial charge < -0.3 is 29.6 Å². The first-order chi connectivity index (χ1) is 6.17. The van der Waals surface area contributed by atoms with Gasteiger partial charge in [-0.2, -0.15) is 0 Å². The largest absolute Gasteiger partial charge is 1.00 e. The van der Waals surface area contributed by atoms with Crippen molar-refractivity contribution in [3.05, 3.63) is 0 Å². The van der Waals surface area contributed by atoms with Gasteiger partial charge in [-0.25, -0.2) is 0 Å². The van der Waals surface area contributed by atoms with Crippen LogP contribution in [0.1, 0.15) is 32.9 Å². The first kappa shape index (κ1) is 6.24. The molecule has 0 atom stereocenters. The fourth-order valence-corrected chi connectivity index (χ4v) is 0.483. The molecule has 1 nitrogen and oxygen atoms in total. The van der Waals surface area contributed by atoms with Crippen LogP contribution >= 0.6 is 12.2 Å². The van der Waals surface area contributed by atoms with Gasteiger partial charge in [0.1, 0.15) is 0 Å². The van der Waals surface area contributed by atoms with Crippen molar-refractivity contribution in [1.29, 1.82) is 0 Å². The molecule has 0 amide bonds. The van der Waals surface area contributed by atoms with E-state index in [2.05, 4.69) is 24.8 Å². The van der Waals surface area contributed by atoms with Gasteiger partial charge in [-0.05, 0) is 6.42 Å². The van der Waals surface area contributed by atoms with Crippen molar-refractivity contribution < 1.29 is 63.0 Å². The summed E-state index contributed by atoms with van der Waals surface area (Å²) in [5, 5.41) is 0. The first-order valence-electron chi connectivity index (χ1n) is 5.00. The molecule has 0 saturated heterocycles. The van der Waals surface area contributed by atoms with Crippen LogP contribution in [0.5, 0.6) is 0 Å². The van der Waals surface area contributed by atoms with Crippen molar-refractivity contribution in [1.82, 2.24) is 0 Å². The Kier molecular flexibility index (Phi) is 6.70. The SMILES string of the molecule is [2H]C([2H])([2H])C([2H])([2H])CCCOC(=S)[S-].[K+]. The monoisotopic (exact) mass is 207 g/mol. The van der Waals surface area contributed by atoms with Gasteiger partial charge in [0.25, 0.3) is 0 Å². The predicted molar refractivity (Wildman–Crippen MR) is 45.4 cm³/mol. The van der Waals surface area contributed by atoms with E-state index in [1.165, 1.54) is 0 Å². The number of hydrogen-bond acceptors (Lipinski definition) is 3. The first-order valence-corrected chi connectivity index (χ1v) is 3.32. The zero-order valence-electron chi connectivity index (χ0n) is 10.8. The van der Waals surface area contributed by atoms with Crippen molar-refractivity contribution in [2.24, 2.45) is 0 Å². The summed E-state index contributed by atoms with van der Waals surface area (Å²) in [6.07, 6.45) is -2.00. The summed E-state index contributed by atoms with van der Waals surface area (Å²) < 4.78 is 40.0. The number of rotatable bonds is 4. The maximum absolute atomic E-state index is 7.25. The standard InChI is InChI=1S/C6H12OS2.K/c1-2-3-4-5-7-6(8)9;/h2-5H2,1H3,(H,8,9);/q;+1/p-1/i1D3,2D2;. The van der Waals surface area contributed by atoms with Crippen LogP contribution in [0.3, 0.4) is 0 Å². The molecular weight excluding hydrogens is 191 g/mol. The molecule has 0 aromatic heterocycles. The van der Waals surface area contributed by atoms with Crippen LogP contribution in [-0.4, -0.2) is 11.0 Å². The molecule has 0 rings (SSSR count). The third kappa shape index (κ3) is 12.4. The maximum Gasteiger partial charge on any atom is 1.00 e. The Morgan fingerprint density at radius 2 is 2.50 bits per heavy atom. The van der Waals surface area contributed by atoms with E-state index in [1.807, 2.05) is 0 Å². The number of ether oxygens (including phenoxy) is 1. The fraction of sp³-hybridized carbons (Fsp3) is 0.833. The molecule has 0 heterocycles. The van der Waals surface area contributed by atoms with Gasteiger partial charge in [0.15, 0.2) is 0 Å². The van der Waals surface area contributed by atoms with Gasteiger partial charge in [0.05, 0.1) is 6.61 Å². The second-order valence-electron chi connectivity index (χ2n) is 1.38. The Morgan fingerprint density at radius 3 is 3.00 bits per heavy atom. The van der Waals surface area contributed by atoms with Crippen LogP contribution in [0.2, 0.25) is 0 Å². The summed E-state index contributed by atoms with van der Waals surface area (Å²) in [6, 6.07) is 0. The van der Waals surface area contributed by atoms with E-state index in [-0.39, 0.29) is 75.2 Å². The molecule has 10 heavy (non-hydrogen) atoms. The minimum atomic E-state index is -2.60. The van der Waals surface area contributed by atoms with Crippen molar-refractivity contribution in [3.63, 3.8) is 0 Å². The topological polar surface area (TPSA) is 9.23 Å². The Hall–Kier alpha value is 1.75. The molecule has 0 fully saturated rings. The molecule has 4 heteroatoms. The minimum Gasteiger partial charge on any atom is -0.514 e. The Labute approximate surface area is 123 Å². The predicted octanol–water partition coefficient (Wildman–Crippen LogP) is -0.971. The molecule has 0 aliphatic rings. The molecular formula is C6H11KOS2. The van der Waals surface area contributed by atoms with Gasteiger partial charge in [0, 0.05) is 11.2 Å². The molecule has 0 bridgehead atoms. The van der Waals surface area contributed by atoms with Gasteiger partial charge in [-0.3, -0.25) is 0 Å². The second kappa shape index (κ2) is 10.7. The van der Waals surface area contributed by atoms with Gasteiger partial charge in [-0.15, -0.1) is 0 Å². The Bertz CT molecular complexity index is 208. The van der Waals surface area contributed by atoms with Crippen molar-refractivity contribution in [2.45, 2.75) is 26.1 Å². The quantitative estimate of drug-likeness (QED) is 0.254. The molecule has 0 unspecified atom stereocenters. The molecule has 54 valence electrons. The van der Waals surface area contributed by atoms with E-state index >= 15 is 0 Å². The van der Waals surface area contributed by atoms with Gasteiger partial charge >= 0.3 is 51.4 Å². The van der Waals surface area contributed by atoms with Crippen LogP contribution in [0.4, 0.5) is 0 Å². The summed E-state index contributed by atoms with van der Waals surface area (Å²) in [4.78, 5) is 0. The van der Waals surface area contributed by atoms with Crippen LogP contribution in [0.25, 0.3) is 0 Å². The van der Waals surface area contributed by atoms with Gasteiger partial charge in [0.2, 0.25) is 0 Å². The fourth-order valence-electron chi connectivity index (χ4n) is 0.316. The average molecular weight is 207 g/mol. The van der Waals surface area contributed by atoms with Gasteiger partial charge in [-0.1, -0.05) is 19.6 Å². The smallest absolute Gasteiger partial charge is 0.514 e. The van der Waals surface area contributed by atoms with Crippen LogP contribution in [-0.2, 0) is 17.4 Å². The normalized spacial score (nSPS) is 18.2. The maximum atomic E-state index is 7.25. The van der Waals surface area contributed by atoms with E-state index in [0.717, 1.165) is 0 Å². The second-order valence-corrected chi connectivity index (χ2v) is 2.38. The Morgan fingerprint density at radius 1 is 1.80 bits per heavy atom. The summed E-state index contributed by atoms with van der Waals surface area (Å²) in [7, 11) is 0. The molecule has 0 radical (unpaired) electrons. The van der Waals surface area contributed by atoms with Crippen LogP contribution < -0.4 is 51.4 Å². The minimum absolute atomic E-state index is 0. The number of hydrogen-bond donors (Lipinski definition) is 0. The molecule has 0 aliphatic carbocycles. The third-order valence-electron chi connectivity index (χ3n) is 0.666. The zero-order chi connectivity index (χ0) is 11.4. The third-order valence-corrected chi connectivity index (χ3v) is 0.902. The van der Waals surface area contributed by atoms with Crippen molar-refractivity contribution in [3.8, 4) is 0 Å².